The molecule has 2 N–H and O–H groups in total. The summed E-state index contributed by atoms with van der Waals surface area (Å²) in [7, 11) is 0. The summed E-state index contributed by atoms with van der Waals surface area (Å²) < 4.78 is 4.98. The highest BCUT2D eigenvalue weighted by Gasteiger charge is 2.29. The number of hydrogen-bond donors (Lipinski definition) is 2. The quantitative estimate of drug-likeness (QED) is 0.798. The third-order valence-electron chi connectivity index (χ3n) is 3.79. The summed E-state index contributed by atoms with van der Waals surface area (Å²) in [4.78, 5) is 25.4. The van der Waals surface area contributed by atoms with Crippen LogP contribution in [0, 0.1) is 0 Å². The number of nitrogens with one attached hydrogen (secondary N) is 1. The van der Waals surface area contributed by atoms with Gasteiger partial charge in [0.1, 0.15) is 0 Å². The molecule has 0 aliphatic carbocycles. The van der Waals surface area contributed by atoms with Crippen molar-refractivity contribution in [2.24, 2.45) is 0 Å². The third-order valence-corrected chi connectivity index (χ3v) is 3.79. The van der Waals surface area contributed by atoms with Crippen LogP contribution < -0.4 is 5.32 Å². The number of likely N-dealkylation sites (tertiary alicyclic amines) is 1. The molecule has 6 nitrogen and oxygen atoms in total. The number of carbonyl (C=O) groups excluding carboxylic acids is 2. The Hall–Kier alpha value is -1.82. The van der Waals surface area contributed by atoms with Crippen LogP contribution in [-0.4, -0.2) is 47.1 Å². The van der Waals surface area contributed by atoms with Crippen molar-refractivity contribution in [1.29, 1.82) is 0 Å². The number of furan rings is 1. The molecule has 116 valence electrons. The van der Waals surface area contributed by atoms with Crippen LogP contribution in [0.15, 0.2) is 22.8 Å². The number of carbonyl (C=O) groups is 2. The minimum absolute atomic E-state index is 0.0812. The van der Waals surface area contributed by atoms with Gasteiger partial charge >= 0.3 is 0 Å². The number of amides is 2. The zero-order chi connectivity index (χ0) is 15.3. The number of aliphatic hydroxyl groups is 1. The van der Waals surface area contributed by atoms with Crippen molar-refractivity contribution >= 4 is 11.8 Å². The van der Waals surface area contributed by atoms with Crippen LogP contribution in [0.3, 0.4) is 0 Å². The summed E-state index contributed by atoms with van der Waals surface area (Å²) in [6, 6.07) is 3.25. The molecule has 6 heteroatoms. The first-order valence-corrected chi connectivity index (χ1v) is 7.30. The topological polar surface area (TPSA) is 82.8 Å². The zero-order valence-corrected chi connectivity index (χ0v) is 12.3. The Labute approximate surface area is 124 Å². The predicted octanol–water partition coefficient (Wildman–Crippen LogP) is 1.16. The Morgan fingerprint density at radius 2 is 2.14 bits per heavy atom. The van der Waals surface area contributed by atoms with Gasteiger partial charge in [0.05, 0.1) is 11.9 Å². The second kappa shape index (κ2) is 6.76. The lowest BCUT2D eigenvalue weighted by molar-refractivity contribution is -0.135. The van der Waals surface area contributed by atoms with Gasteiger partial charge in [-0.2, -0.15) is 0 Å². The largest absolute Gasteiger partial charge is 0.459 e. The molecule has 2 amide bonds. The normalized spacial score (nSPS) is 17.5. The molecule has 0 radical (unpaired) electrons. The van der Waals surface area contributed by atoms with E-state index in [4.69, 9.17) is 4.42 Å². The summed E-state index contributed by atoms with van der Waals surface area (Å²) in [5, 5.41) is 12.6. The molecule has 2 heterocycles. The fraction of sp³-hybridized carbons (Fsp3) is 0.600. The number of nitrogens with zero attached hydrogens (tertiary/aromatic N) is 1. The molecule has 0 atom stereocenters. The van der Waals surface area contributed by atoms with Crippen molar-refractivity contribution in [2.75, 3.05) is 19.6 Å². The van der Waals surface area contributed by atoms with Gasteiger partial charge in [0.25, 0.3) is 5.91 Å². The molecule has 0 aromatic carbocycles. The highest BCUT2D eigenvalue weighted by atomic mass is 16.3. The van der Waals surface area contributed by atoms with E-state index in [9.17, 15) is 14.7 Å². The molecular formula is C15H22N2O4. The number of piperidine rings is 1. The molecule has 2 rings (SSSR count). The second-order valence-corrected chi connectivity index (χ2v) is 5.71. The average Bonchev–Trinajstić information content (AvgIpc) is 2.97. The molecule has 1 saturated heterocycles. The average molecular weight is 294 g/mol. The van der Waals surface area contributed by atoms with Gasteiger partial charge in [0, 0.05) is 26.1 Å². The molecule has 1 aliphatic heterocycles. The zero-order valence-electron chi connectivity index (χ0n) is 12.3. The fourth-order valence-electron chi connectivity index (χ4n) is 2.33. The van der Waals surface area contributed by atoms with Gasteiger partial charge in [0.15, 0.2) is 5.76 Å². The molecule has 21 heavy (non-hydrogen) atoms. The van der Waals surface area contributed by atoms with Crippen LogP contribution >= 0.6 is 0 Å². The molecule has 0 spiro atoms. The fourth-order valence-corrected chi connectivity index (χ4v) is 2.33. The summed E-state index contributed by atoms with van der Waals surface area (Å²) in [5.74, 6) is 0.0961. The summed E-state index contributed by atoms with van der Waals surface area (Å²) in [6.07, 6.45) is 3.68. The lowest BCUT2D eigenvalue weighted by Crippen LogP contribution is -2.45. The van der Waals surface area contributed by atoms with Crippen LogP contribution in [0.1, 0.15) is 43.2 Å². The van der Waals surface area contributed by atoms with Crippen molar-refractivity contribution in [2.45, 2.75) is 38.2 Å². The van der Waals surface area contributed by atoms with E-state index in [0.29, 0.717) is 45.3 Å². The first-order chi connectivity index (χ1) is 9.98. The third kappa shape index (κ3) is 4.60. The van der Waals surface area contributed by atoms with Crippen molar-refractivity contribution < 1.29 is 19.1 Å². The van der Waals surface area contributed by atoms with Gasteiger partial charge in [-0.15, -0.1) is 0 Å². The lowest BCUT2D eigenvalue weighted by Gasteiger charge is -2.35. The molecule has 1 aromatic rings. The van der Waals surface area contributed by atoms with Crippen molar-refractivity contribution in [3.63, 3.8) is 0 Å². The Balaban J connectivity index is 1.63. The van der Waals surface area contributed by atoms with Gasteiger partial charge in [-0.3, -0.25) is 9.59 Å². The van der Waals surface area contributed by atoms with Gasteiger partial charge in [0.2, 0.25) is 5.91 Å². The van der Waals surface area contributed by atoms with Crippen LogP contribution in [0.25, 0.3) is 0 Å². The molecule has 0 unspecified atom stereocenters. The van der Waals surface area contributed by atoms with E-state index in [1.165, 1.54) is 6.26 Å². The minimum Gasteiger partial charge on any atom is -0.459 e. The minimum atomic E-state index is -0.645. The van der Waals surface area contributed by atoms with Crippen LogP contribution in [0.4, 0.5) is 0 Å². The maximum atomic E-state index is 12.0. The molecule has 1 fully saturated rings. The van der Waals surface area contributed by atoms with E-state index >= 15 is 0 Å². The van der Waals surface area contributed by atoms with Gasteiger partial charge in [-0.05, 0) is 38.3 Å². The van der Waals surface area contributed by atoms with Crippen LogP contribution in [0.2, 0.25) is 0 Å². The summed E-state index contributed by atoms with van der Waals surface area (Å²) in [5.41, 5.74) is -0.645. The number of rotatable bonds is 5. The maximum Gasteiger partial charge on any atom is 0.286 e. The van der Waals surface area contributed by atoms with Gasteiger partial charge in [-0.1, -0.05) is 0 Å². The van der Waals surface area contributed by atoms with Crippen LogP contribution in [0.5, 0.6) is 0 Å². The van der Waals surface area contributed by atoms with Gasteiger partial charge < -0.3 is 19.7 Å². The van der Waals surface area contributed by atoms with Crippen molar-refractivity contribution in [3.05, 3.63) is 24.2 Å². The Kier molecular flexibility index (Phi) is 5.01. The molecular weight excluding hydrogens is 272 g/mol. The van der Waals surface area contributed by atoms with Gasteiger partial charge in [-0.25, -0.2) is 0 Å². The highest BCUT2D eigenvalue weighted by molar-refractivity contribution is 5.91. The molecule has 0 bridgehead atoms. The van der Waals surface area contributed by atoms with Crippen molar-refractivity contribution in [1.82, 2.24) is 10.2 Å². The highest BCUT2D eigenvalue weighted by Crippen LogP contribution is 2.21. The van der Waals surface area contributed by atoms with E-state index in [1.807, 2.05) is 0 Å². The lowest BCUT2D eigenvalue weighted by atomic mass is 9.93. The number of hydrogen-bond acceptors (Lipinski definition) is 4. The molecule has 1 aromatic heterocycles. The standard InChI is InChI=1S/C15H22N2O4/c1-15(20)6-9-17(10-7-15)13(18)5-2-8-16-14(19)12-4-3-11-21-12/h3-4,11,20H,2,5-10H2,1H3,(H,16,19). The first-order valence-electron chi connectivity index (χ1n) is 7.30. The van der Waals surface area contributed by atoms with E-state index in [-0.39, 0.29) is 17.6 Å². The van der Waals surface area contributed by atoms with Crippen molar-refractivity contribution in [3.8, 4) is 0 Å². The Morgan fingerprint density at radius 3 is 2.76 bits per heavy atom. The monoisotopic (exact) mass is 294 g/mol. The molecule has 0 saturated carbocycles. The Morgan fingerprint density at radius 1 is 1.43 bits per heavy atom. The van der Waals surface area contributed by atoms with Crippen LogP contribution in [-0.2, 0) is 4.79 Å². The summed E-state index contributed by atoms with van der Waals surface area (Å²) >= 11 is 0. The Bertz CT molecular complexity index is 472. The first kappa shape index (κ1) is 15.6. The van der Waals surface area contributed by atoms with E-state index in [1.54, 1.807) is 24.0 Å². The predicted molar refractivity (Wildman–Crippen MR) is 76.7 cm³/mol. The smallest absolute Gasteiger partial charge is 0.286 e. The van der Waals surface area contributed by atoms with E-state index in [2.05, 4.69) is 5.32 Å². The summed E-state index contributed by atoms with van der Waals surface area (Å²) in [6.45, 7) is 3.45. The van der Waals surface area contributed by atoms with E-state index in [0.717, 1.165) is 0 Å². The SMILES string of the molecule is CC1(O)CCN(C(=O)CCCNC(=O)c2ccco2)CC1. The second-order valence-electron chi connectivity index (χ2n) is 5.71. The maximum absolute atomic E-state index is 12.0. The van der Waals surface area contributed by atoms with E-state index < -0.39 is 5.60 Å². The molecule has 1 aliphatic rings.